The molecule has 1 saturated carbocycles. The monoisotopic (exact) mass is 253 g/mol. The number of hydrogen-bond acceptors (Lipinski definition) is 4. The number of nitriles is 1. The number of methoxy groups -OCH3 is 1. The Morgan fingerprint density at radius 1 is 1.44 bits per heavy atom. The van der Waals surface area contributed by atoms with Gasteiger partial charge in [-0.1, -0.05) is 0 Å². The molecule has 3 unspecified atom stereocenters. The van der Waals surface area contributed by atoms with Gasteiger partial charge in [0.05, 0.1) is 12.7 Å². The molecule has 0 aromatic heterocycles. The second-order valence-corrected chi connectivity index (χ2v) is 5.89. The Morgan fingerprint density at radius 3 is 2.50 bits per heavy atom. The molecule has 0 aromatic rings. The molecular weight excluding hydrogens is 226 g/mol. The van der Waals surface area contributed by atoms with Gasteiger partial charge >= 0.3 is 0 Å². The third kappa shape index (κ3) is 4.56. The Hall–Kier alpha value is -0.630. The van der Waals surface area contributed by atoms with E-state index in [0.717, 1.165) is 13.0 Å². The molecule has 1 fully saturated rings. The Kier molecular flexibility index (Phi) is 5.58. The van der Waals surface area contributed by atoms with Crippen LogP contribution in [0.1, 0.15) is 40.0 Å². The van der Waals surface area contributed by atoms with Crippen LogP contribution in [0.2, 0.25) is 0 Å². The van der Waals surface area contributed by atoms with Gasteiger partial charge in [0.2, 0.25) is 0 Å². The van der Waals surface area contributed by atoms with Crippen LogP contribution < -0.4 is 5.32 Å². The minimum Gasteiger partial charge on any atom is -0.383 e. The number of likely N-dealkylation sites (N-methyl/N-ethyl adjacent to an activating group) is 1. The van der Waals surface area contributed by atoms with Crippen LogP contribution in [0.5, 0.6) is 0 Å². The zero-order valence-electron chi connectivity index (χ0n) is 12.4. The summed E-state index contributed by atoms with van der Waals surface area (Å²) in [6, 6.07) is 3.72. The highest BCUT2D eigenvalue weighted by molar-refractivity contribution is 5.08. The summed E-state index contributed by atoms with van der Waals surface area (Å²) in [4.78, 5) is 2.29. The topological polar surface area (TPSA) is 48.3 Å². The van der Waals surface area contributed by atoms with Gasteiger partial charge in [-0.05, 0) is 47.1 Å². The molecule has 0 spiro atoms. The number of ether oxygens (including phenoxy) is 1. The highest BCUT2D eigenvalue weighted by atomic mass is 16.5. The van der Waals surface area contributed by atoms with Crippen molar-refractivity contribution in [2.24, 2.45) is 0 Å². The van der Waals surface area contributed by atoms with Crippen LogP contribution in [0.3, 0.4) is 0 Å². The van der Waals surface area contributed by atoms with E-state index in [1.165, 1.54) is 12.8 Å². The maximum Gasteiger partial charge on any atom is 0.105 e. The molecule has 1 N–H and O–H groups in total. The van der Waals surface area contributed by atoms with E-state index in [9.17, 15) is 5.26 Å². The molecule has 0 bridgehead atoms. The number of nitrogens with one attached hydrogen (secondary N) is 1. The third-order valence-electron chi connectivity index (χ3n) is 3.85. The van der Waals surface area contributed by atoms with Crippen LogP contribution in [0.25, 0.3) is 0 Å². The van der Waals surface area contributed by atoms with Crippen molar-refractivity contribution < 1.29 is 4.74 Å². The van der Waals surface area contributed by atoms with E-state index in [4.69, 9.17) is 4.74 Å². The van der Waals surface area contributed by atoms with Crippen molar-refractivity contribution in [2.75, 3.05) is 20.8 Å². The van der Waals surface area contributed by atoms with Crippen molar-refractivity contribution in [3.05, 3.63) is 0 Å². The molecule has 0 heterocycles. The largest absolute Gasteiger partial charge is 0.383 e. The van der Waals surface area contributed by atoms with Crippen LogP contribution >= 0.6 is 0 Å². The fourth-order valence-corrected chi connectivity index (χ4v) is 2.34. The van der Waals surface area contributed by atoms with Gasteiger partial charge in [-0.3, -0.25) is 10.2 Å². The van der Waals surface area contributed by atoms with Gasteiger partial charge in [0.25, 0.3) is 0 Å². The van der Waals surface area contributed by atoms with E-state index >= 15 is 0 Å². The van der Waals surface area contributed by atoms with Crippen molar-refractivity contribution in [1.82, 2.24) is 10.2 Å². The molecule has 4 heteroatoms. The lowest BCUT2D eigenvalue weighted by Gasteiger charge is -2.35. The Morgan fingerprint density at radius 2 is 2.06 bits per heavy atom. The molecule has 3 atom stereocenters. The molecule has 104 valence electrons. The number of nitrogens with zero attached hydrogens (tertiary/aromatic N) is 2. The van der Waals surface area contributed by atoms with Gasteiger partial charge in [0.1, 0.15) is 5.54 Å². The zero-order chi connectivity index (χ0) is 13.8. The van der Waals surface area contributed by atoms with Crippen molar-refractivity contribution in [3.8, 4) is 6.07 Å². The Bertz CT molecular complexity index is 298. The fourth-order valence-electron chi connectivity index (χ4n) is 2.34. The molecule has 0 aliphatic heterocycles. The van der Waals surface area contributed by atoms with Crippen molar-refractivity contribution in [2.45, 2.75) is 63.7 Å². The maximum absolute atomic E-state index is 9.38. The smallest absolute Gasteiger partial charge is 0.105 e. The predicted molar refractivity (Wildman–Crippen MR) is 73.4 cm³/mol. The highest BCUT2D eigenvalue weighted by Gasteiger charge is 2.34. The van der Waals surface area contributed by atoms with Gasteiger partial charge in [-0.25, -0.2) is 0 Å². The summed E-state index contributed by atoms with van der Waals surface area (Å²) in [5.74, 6) is 0. The van der Waals surface area contributed by atoms with Gasteiger partial charge in [-0.2, -0.15) is 5.26 Å². The summed E-state index contributed by atoms with van der Waals surface area (Å²) in [7, 11) is 3.83. The molecular formula is C14H27N3O. The normalized spacial score (nSPS) is 22.3. The lowest BCUT2D eigenvalue weighted by atomic mass is 9.94. The second kappa shape index (κ2) is 6.51. The maximum atomic E-state index is 9.38. The minimum absolute atomic E-state index is 0.353. The summed E-state index contributed by atoms with van der Waals surface area (Å²) in [5.41, 5.74) is -0.415. The Labute approximate surface area is 111 Å². The summed E-state index contributed by atoms with van der Waals surface area (Å²) in [5, 5.41) is 12.8. The van der Waals surface area contributed by atoms with Crippen molar-refractivity contribution in [3.63, 3.8) is 0 Å². The van der Waals surface area contributed by atoms with Crippen molar-refractivity contribution >= 4 is 0 Å². The standard InChI is InChI=1S/C14H27N3O/c1-11(17(4)12(2)9-18-5)8-14(3,10-15)16-13-6-7-13/h11-13,16H,6-9H2,1-5H3. The van der Waals surface area contributed by atoms with Crippen LogP contribution in [-0.2, 0) is 4.74 Å². The zero-order valence-corrected chi connectivity index (χ0v) is 12.4. The van der Waals surface area contributed by atoms with Gasteiger partial charge in [0, 0.05) is 25.2 Å². The highest BCUT2D eigenvalue weighted by Crippen LogP contribution is 2.25. The SMILES string of the molecule is COCC(C)N(C)C(C)CC(C)(C#N)NC1CC1. The third-order valence-corrected chi connectivity index (χ3v) is 3.85. The fraction of sp³-hybridized carbons (Fsp3) is 0.929. The lowest BCUT2D eigenvalue weighted by molar-refractivity contribution is 0.0849. The average molecular weight is 253 g/mol. The summed E-state index contributed by atoms with van der Waals surface area (Å²) in [6.07, 6.45) is 3.26. The van der Waals surface area contributed by atoms with E-state index < -0.39 is 5.54 Å². The van der Waals surface area contributed by atoms with Crippen LogP contribution in [0.4, 0.5) is 0 Å². The molecule has 18 heavy (non-hydrogen) atoms. The average Bonchev–Trinajstić information content (AvgIpc) is 3.11. The molecule has 0 saturated heterocycles. The molecule has 1 aliphatic rings. The predicted octanol–water partition coefficient (Wildman–Crippen LogP) is 1.77. The molecule has 4 nitrogen and oxygen atoms in total. The summed E-state index contributed by atoms with van der Waals surface area (Å²) >= 11 is 0. The van der Waals surface area contributed by atoms with Crippen molar-refractivity contribution in [1.29, 1.82) is 5.26 Å². The first kappa shape index (κ1) is 15.4. The first-order valence-corrected chi connectivity index (χ1v) is 6.81. The van der Waals surface area contributed by atoms with Gasteiger partial charge in [-0.15, -0.1) is 0 Å². The lowest BCUT2D eigenvalue weighted by Crippen LogP contribution is -2.49. The Balaban J connectivity index is 2.49. The molecule has 1 aliphatic carbocycles. The van der Waals surface area contributed by atoms with Crippen LogP contribution in [-0.4, -0.2) is 49.3 Å². The summed E-state index contributed by atoms with van der Waals surface area (Å²) in [6.45, 7) is 7.06. The van der Waals surface area contributed by atoms with Crippen LogP contribution in [0.15, 0.2) is 0 Å². The summed E-state index contributed by atoms with van der Waals surface area (Å²) < 4.78 is 5.18. The molecule has 0 radical (unpaired) electrons. The van der Waals surface area contributed by atoms with E-state index in [1.54, 1.807) is 7.11 Å². The van der Waals surface area contributed by atoms with E-state index in [-0.39, 0.29) is 0 Å². The number of rotatable bonds is 8. The second-order valence-electron chi connectivity index (χ2n) is 5.89. The van der Waals surface area contributed by atoms with Gasteiger partial charge in [0.15, 0.2) is 0 Å². The van der Waals surface area contributed by atoms with E-state index in [0.29, 0.717) is 18.1 Å². The minimum atomic E-state index is -0.415. The molecule has 0 amide bonds. The molecule has 1 rings (SSSR count). The van der Waals surface area contributed by atoms with Gasteiger partial charge < -0.3 is 4.74 Å². The first-order chi connectivity index (χ1) is 8.41. The van der Waals surface area contributed by atoms with Crippen LogP contribution in [0, 0.1) is 11.3 Å². The quantitative estimate of drug-likeness (QED) is 0.716. The number of hydrogen-bond donors (Lipinski definition) is 1. The molecule has 0 aromatic carbocycles. The van der Waals surface area contributed by atoms with E-state index in [1.807, 2.05) is 6.92 Å². The first-order valence-electron chi connectivity index (χ1n) is 6.81. The van der Waals surface area contributed by atoms with E-state index in [2.05, 4.69) is 37.2 Å².